The molecule has 0 fully saturated rings. The summed E-state index contributed by atoms with van der Waals surface area (Å²) in [6.45, 7) is 5.91. The van der Waals surface area contributed by atoms with Crippen LogP contribution in [0.2, 0.25) is 5.02 Å². The number of hydrogen-bond donors (Lipinski definition) is 1. The van der Waals surface area contributed by atoms with Crippen molar-refractivity contribution in [2.24, 2.45) is 5.92 Å². The van der Waals surface area contributed by atoms with Crippen LogP contribution in [0.3, 0.4) is 0 Å². The molecule has 0 saturated carbocycles. The maximum atomic E-state index is 12.3. The third-order valence-electron chi connectivity index (χ3n) is 3.15. The lowest BCUT2D eigenvalue weighted by Gasteiger charge is -2.29. The summed E-state index contributed by atoms with van der Waals surface area (Å²) in [6.07, 6.45) is 1.04. The molecule has 1 amide bonds. The van der Waals surface area contributed by atoms with Crippen LogP contribution < -0.4 is 14.4 Å². The Morgan fingerprint density at radius 3 is 2.43 bits per heavy atom. The summed E-state index contributed by atoms with van der Waals surface area (Å²) < 4.78 is 30.7. The Morgan fingerprint density at radius 1 is 1.35 bits per heavy atom. The summed E-state index contributed by atoms with van der Waals surface area (Å²) >= 11 is 5.98. The molecule has 6 nitrogen and oxygen atoms in total. The van der Waals surface area contributed by atoms with Crippen molar-refractivity contribution in [2.45, 2.75) is 26.8 Å². The van der Waals surface area contributed by atoms with Crippen LogP contribution in [0.1, 0.15) is 20.8 Å². The van der Waals surface area contributed by atoms with E-state index in [9.17, 15) is 13.2 Å². The topological polar surface area (TPSA) is 75.7 Å². The first-order chi connectivity index (χ1) is 10.6. The number of halogens is 1. The van der Waals surface area contributed by atoms with Gasteiger partial charge in [-0.2, -0.15) is 0 Å². The Hall–Kier alpha value is -1.47. The maximum absolute atomic E-state index is 12.3. The van der Waals surface area contributed by atoms with Gasteiger partial charge >= 0.3 is 0 Å². The van der Waals surface area contributed by atoms with Crippen LogP contribution in [0.4, 0.5) is 5.69 Å². The summed E-state index contributed by atoms with van der Waals surface area (Å²) in [5.74, 6) is 0.202. The molecule has 23 heavy (non-hydrogen) atoms. The van der Waals surface area contributed by atoms with Gasteiger partial charge in [0.05, 0.1) is 19.1 Å². The van der Waals surface area contributed by atoms with Crippen molar-refractivity contribution in [3.8, 4) is 5.75 Å². The summed E-state index contributed by atoms with van der Waals surface area (Å²) in [6, 6.07) is 3.69. The number of benzene rings is 1. The predicted octanol–water partition coefficient (Wildman–Crippen LogP) is 2.28. The van der Waals surface area contributed by atoms with Gasteiger partial charge in [0.25, 0.3) is 0 Å². The van der Waals surface area contributed by atoms with E-state index in [-0.39, 0.29) is 17.5 Å². The number of anilines is 1. The molecule has 0 unspecified atom stereocenters. The summed E-state index contributed by atoms with van der Waals surface area (Å²) in [5.41, 5.74) is 0.231. The first-order valence-electron chi connectivity index (χ1n) is 7.18. The number of nitrogens with zero attached hydrogens (tertiary/aromatic N) is 1. The van der Waals surface area contributed by atoms with Crippen molar-refractivity contribution in [3.05, 3.63) is 23.2 Å². The fourth-order valence-corrected chi connectivity index (χ4v) is 3.41. The number of methoxy groups -OCH3 is 1. The summed E-state index contributed by atoms with van der Waals surface area (Å²) in [4.78, 5) is 12.3. The molecule has 0 bridgehead atoms. The van der Waals surface area contributed by atoms with Crippen molar-refractivity contribution in [1.82, 2.24) is 5.32 Å². The van der Waals surface area contributed by atoms with E-state index in [0.29, 0.717) is 17.3 Å². The van der Waals surface area contributed by atoms with Gasteiger partial charge in [-0.25, -0.2) is 8.42 Å². The first-order valence-corrected chi connectivity index (χ1v) is 9.41. The Morgan fingerprint density at radius 2 is 1.96 bits per heavy atom. The predicted molar refractivity (Wildman–Crippen MR) is 92.6 cm³/mol. The molecule has 0 aliphatic carbocycles. The Labute approximate surface area is 142 Å². The van der Waals surface area contributed by atoms with Crippen molar-refractivity contribution < 1.29 is 17.9 Å². The summed E-state index contributed by atoms with van der Waals surface area (Å²) in [5, 5.41) is 3.09. The van der Waals surface area contributed by atoms with Gasteiger partial charge in [0.2, 0.25) is 15.9 Å². The Kier molecular flexibility index (Phi) is 6.70. The molecule has 130 valence electrons. The maximum Gasteiger partial charge on any atom is 0.243 e. The fourth-order valence-electron chi connectivity index (χ4n) is 2.07. The van der Waals surface area contributed by atoms with Crippen LogP contribution >= 0.6 is 11.6 Å². The minimum absolute atomic E-state index is 0.231. The number of hydrogen-bond acceptors (Lipinski definition) is 4. The van der Waals surface area contributed by atoms with Crippen LogP contribution in [0.25, 0.3) is 0 Å². The fraction of sp³-hybridized carbons (Fsp3) is 0.533. The van der Waals surface area contributed by atoms with E-state index in [1.807, 2.05) is 13.8 Å². The highest BCUT2D eigenvalue weighted by atomic mass is 35.5. The highest BCUT2D eigenvalue weighted by molar-refractivity contribution is 7.92. The van der Waals surface area contributed by atoms with Crippen molar-refractivity contribution >= 4 is 33.2 Å². The second kappa shape index (κ2) is 7.88. The molecule has 1 aromatic carbocycles. The van der Waals surface area contributed by atoms with Gasteiger partial charge in [-0.1, -0.05) is 25.4 Å². The van der Waals surface area contributed by atoms with Gasteiger partial charge in [-0.15, -0.1) is 0 Å². The first kappa shape index (κ1) is 19.6. The molecule has 8 heteroatoms. The number of rotatable bonds is 7. The molecule has 0 heterocycles. The number of carbonyl (C=O) groups excluding carboxylic acids is 1. The number of amides is 1. The average Bonchev–Trinajstić information content (AvgIpc) is 2.43. The van der Waals surface area contributed by atoms with E-state index in [1.165, 1.54) is 20.1 Å². The van der Waals surface area contributed by atoms with Crippen molar-refractivity contribution in [2.75, 3.05) is 24.2 Å². The number of carbonyl (C=O) groups is 1. The Balaban J connectivity index is 3.26. The van der Waals surface area contributed by atoms with Crippen LogP contribution in [0.5, 0.6) is 5.75 Å². The zero-order chi connectivity index (χ0) is 17.8. The number of sulfonamides is 1. The molecule has 1 rings (SSSR count). The van der Waals surface area contributed by atoms with E-state index < -0.39 is 16.1 Å². The zero-order valence-corrected chi connectivity index (χ0v) is 15.5. The van der Waals surface area contributed by atoms with Crippen LogP contribution in [-0.2, 0) is 14.8 Å². The number of nitrogens with one attached hydrogen (secondary N) is 1. The highest BCUT2D eigenvalue weighted by Crippen LogP contribution is 2.34. The third kappa shape index (κ3) is 5.28. The van der Waals surface area contributed by atoms with E-state index in [4.69, 9.17) is 16.3 Å². The zero-order valence-electron chi connectivity index (χ0n) is 14.0. The third-order valence-corrected chi connectivity index (χ3v) is 4.61. The van der Waals surface area contributed by atoms with Crippen molar-refractivity contribution in [1.29, 1.82) is 0 Å². The van der Waals surface area contributed by atoms with Gasteiger partial charge in [0, 0.05) is 11.6 Å². The van der Waals surface area contributed by atoms with Crippen LogP contribution in [0, 0.1) is 5.92 Å². The molecule has 0 saturated heterocycles. The second-order valence-corrected chi connectivity index (χ2v) is 7.99. The minimum atomic E-state index is -3.72. The van der Waals surface area contributed by atoms with Crippen LogP contribution in [0.15, 0.2) is 18.2 Å². The molecule has 0 radical (unpaired) electrons. The largest absolute Gasteiger partial charge is 0.495 e. The highest BCUT2D eigenvalue weighted by Gasteiger charge is 2.31. The van der Waals surface area contributed by atoms with Gasteiger partial charge < -0.3 is 10.1 Å². The molecule has 0 aliphatic heterocycles. The van der Waals surface area contributed by atoms with Gasteiger partial charge in [0.1, 0.15) is 11.8 Å². The smallest absolute Gasteiger partial charge is 0.243 e. The summed E-state index contributed by atoms with van der Waals surface area (Å²) in [7, 11) is -2.29. The van der Waals surface area contributed by atoms with Gasteiger partial charge in [-0.3, -0.25) is 9.10 Å². The lowest BCUT2D eigenvalue weighted by atomic mass is 10.2. The Bertz CT molecular complexity index is 661. The van der Waals surface area contributed by atoms with Crippen molar-refractivity contribution in [3.63, 3.8) is 0 Å². The average molecular weight is 363 g/mol. The quantitative estimate of drug-likeness (QED) is 0.807. The van der Waals surface area contributed by atoms with Gasteiger partial charge in [0.15, 0.2) is 0 Å². The van der Waals surface area contributed by atoms with E-state index in [0.717, 1.165) is 10.6 Å². The molecule has 0 aromatic heterocycles. The monoisotopic (exact) mass is 362 g/mol. The second-order valence-electron chi connectivity index (χ2n) is 5.69. The molecular weight excluding hydrogens is 340 g/mol. The van der Waals surface area contributed by atoms with Gasteiger partial charge in [-0.05, 0) is 31.0 Å². The molecule has 1 N–H and O–H groups in total. The van der Waals surface area contributed by atoms with E-state index in [2.05, 4.69) is 5.32 Å². The standard InChI is InChI=1S/C15H23ClN2O4S/c1-10(2)9-17-15(19)11(3)18(23(5,20)21)13-8-12(16)6-7-14(13)22-4/h6-8,10-11H,9H2,1-5H3,(H,17,19)/t11-/m0/s1. The normalized spacial score (nSPS) is 12.8. The molecular formula is C15H23ClN2O4S. The molecule has 1 atom stereocenters. The lowest BCUT2D eigenvalue weighted by Crippen LogP contribution is -2.48. The lowest BCUT2D eigenvalue weighted by molar-refractivity contribution is -0.121. The molecule has 0 aliphatic rings. The molecule has 1 aromatic rings. The van der Waals surface area contributed by atoms with E-state index >= 15 is 0 Å². The SMILES string of the molecule is COc1ccc(Cl)cc1N([C@@H](C)C(=O)NCC(C)C)S(C)(=O)=O. The number of ether oxygens (including phenoxy) is 1. The minimum Gasteiger partial charge on any atom is -0.495 e. The van der Waals surface area contributed by atoms with E-state index in [1.54, 1.807) is 12.1 Å². The van der Waals surface area contributed by atoms with Crippen LogP contribution in [-0.4, -0.2) is 40.3 Å². The molecule has 0 spiro atoms.